The molecule has 0 aliphatic heterocycles. The lowest BCUT2D eigenvalue weighted by Crippen LogP contribution is -2.52. The van der Waals surface area contributed by atoms with E-state index in [1.54, 1.807) is 30.5 Å². The molecule has 0 radical (unpaired) electrons. The summed E-state index contributed by atoms with van der Waals surface area (Å²) in [5, 5.41) is 14.8. The van der Waals surface area contributed by atoms with Gasteiger partial charge in [-0.1, -0.05) is 35.5 Å². The van der Waals surface area contributed by atoms with Crippen molar-refractivity contribution >= 4 is 34.5 Å². The highest BCUT2D eigenvalue weighted by Gasteiger charge is 2.36. The monoisotopic (exact) mass is 693 g/mol. The smallest absolute Gasteiger partial charge is 0.439 e. The van der Waals surface area contributed by atoms with E-state index in [-0.39, 0.29) is 30.0 Å². The third-order valence-electron chi connectivity index (χ3n) is 9.34. The summed E-state index contributed by atoms with van der Waals surface area (Å²) in [6, 6.07) is 17.8. The maximum absolute atomic E-state index is 14.5. The molecule has 5 aromatic rings. The molecule has 1 fully saturated rings. The predicted molar refractivity (Wildman–Crippen MR) is 193 cm³/mol. The molecule has 1 aliphatic rings. The number of H-pyrrole nitrogens is 2. The Hall–Kier alpha value is -5.72. The van der Waals surface area contributed by atoms with Gasteiger partial charge in [0.05, 0.1) is 11.7 Å². The van der Waals surface area contributed by atoms with Crippen molar-refractivity contribution in [2.75, 3.05) is 11.4 Å². The van der Waals surface area contributed by atoms with E-state index >= 15 is 0 Å². The summed E-state index contributed by atoms with van der Waals surface area (Å²) in [4.78, 5) is 55.7. The van der Waals surface area contributed by atoms with Crippen LogP contribution in [-0.4, -0.2) is 56.4 Å². The number of carbonyl (C=O) groups excluding carboxylic acids is 3. The number of aromatic amines is 2. The van der Waals surface area contributed by atoms with Gasteiger partial charge in [-0.3, -0.25) is 29.1 Å². The van der Waals surface area contributed by atoms with Gasteiger partial charge >= 0.3 is 11.8 Å². The first-order valence-corrected chi connectivity index (χ1v) is 17.1. The number of ether oxygens (including phenoxy) is 1. The Morgan fingerprint density at radius 1 is 1.04 bits per heavy atom. The molecule has 2 heterocycles. The molecule has 3 aromatic carbocycles. The van der Waals surface area contributed by atoms with Crippen molar-refractivity contribution in [1.82, 2.24) is 25.7 Å². The van der Waals surface area contributed by atoms with Gasteiger partial charge in [0.25, 0.3) is 0 Å². The second kappa shape index (κ2) is 14.6. The van der Waals surface area contributed by atoms with Gasteiger partial charge in [0.1, 0.15) is 11.6 Å². The van der Waals surface area contributed by atoms with E-state index in [4.69, 9.17) is 10.5 Å². The highest BCUT2D eigenvalue weighted by molar-refractivity contribution is 6.02. The highest BCUT2D eigenvalue weighted by Crippen LogP contribution is 2.35. The molecule has 6 rings (SSSR count). The molecule has 1 saturated carbocycles. The van der Waals surface area contributed by atoms with Crippen LogP contribution in [0.5, 0.6) is 0 Å². The number of nitrogens with two attached hydrogens (primary N) is 1. The van der Waals surface area contributed by atoms with Gasteiger partial charge in [0.15, 0.2) is 5.82 Å². The summed E-state index contributed by atoms with van der Waals surface area (Å²) in [7, 11) is 0. The number of hydrogen-bond donors (Lipinski definition) is 4. The van der Waals surface area contributed by atoms with E-state index in [0.29, 0.717) is 30.6 Å². The summed E-state index contributed by atoms with van der Waals surface area (Å²) in [5.74, 6) is -1.44. The van der Waals surface area contributed by atoms with Gasteiger partial charge in [-0.05, 0) is 112 Å². The van der Waals surface area contributed by atoms with Crippen LogP contribution in [0, 0.1) is 18.8 Å². The molecule has 1 aliphatic carbocycles. The number of rotatable bonds is 10. The van der Waals surface area contributed by atoms with Crippen LogP contribution in [0.25, 0.3) is 33.4 Å². The van der Waals surface area contributed by atoms with Crippen LogP contribution in [0.15, 0.2) is 76.2 Å². The zero-order valence-electron chi connectivity index (χ0n) is 29.2. The Balaban J connectivity index is 1.27. The van der Waals surface area contributed by atoms with Crippen LogP contribution in [0.4, 0.5) is 10.5 Å². The Labute approximate surface area is 294 Å². The minimum atomic E-state index is -0.997. The maximum atomic E-state index is 14.5. The van der Waals surface area contributed by atoms with Crippen molar-refractivity contribution in [1.29, 1.82) is 0 Å². The van der Waals surface area contributed by atoms with Gasteiger partial charge in [0.2, 0.25) is 11.8 Å². The Morgan fingerprint density at radius 3 is 2.45 bits per heavy atom. The SMILES string of the molecule is Cc1ccc2[nH]ncc2c1-c1cccc(C[C@@H](C(N)=O)N(C(=O)C2CCC(CNC(=O)OC(C)(C)C)CC2)c2ccc(-c3noc(=O)[nH]3)cc2)c1. The summed E-state index contributed by atoms with van der Waals surface area (Å²) in [6.45, 7) is 7.95. The normalized spacial score (nSPS) is 16.8. The summed E-state index contributed by atoms with van der Waals surface area (Å²) in [5.41, 5.74) is 11.4. The van der Waals surface area contributed by atoms with Gasteiger partial charge in [-0.2, -0.15) is 5.10 Å². The first-order chi connectivity index (χ1) is 24.4. The van der Waals surface area contributed by atoms with E-state index in [9.17, 15) is 19.2 Å². The van der Waals surface area contributed by atoms with Crippen molar-refractivity contribution in [3.8, 4) is 22.5 Å². The van der Waals surface area contributed by atoms with E-state index in [1.165, 1.54) is 4.90 Å². The molecule has 1 atom stereocenters. The van der Waals surface area contributed by atoms with Crippen LogP contribution < -0.4 is 21.7 Å². The van der Waals surface area contributed by atoms with Crippen LogP contribution >= 0.6 is 0 Å². The molecule has 0 unspecified atom stereocenters. The molecule has 13 heteroatoms. The van der Waals surface area contributed by atoms with Gasteiger partial charge in [-0.15, -0.1) is 0 Å². The lowest BCUT2D eigenvalue weighted by molar-refractivity contribution is -0.127. The first kappa shape index (κ1) is 35.1. The number of benzene rings is 3. The average Bonchev–Trinajstić information content (AvgIpc) is 3.76. The standard InChI is InChI=1S/C38H43N7O6/c1-22-8-17-30-29(21-41-43-30)32(22)27-7-5-6-24(18-27)19-31(33(39)46)45(28-15-13-25(14-16-28)34-42-37(49)51-44-34)35(47)26-11-9-23(10-12-26)20-40-36(48)50-38(2,3)4/h5-8,13-18,21,23,26,31H,9-12,19-20H2,1-4H3,(H2,39,46)(H,40,48)(H,41,43)(H,42,44,49)/t23?,26?,31-/m0/s1. The van der Waals surface area contributed by atoms with Crippen molar-refractivity contribution in [2.45, 2.75) is 71.4 Å². The number of alkyl carbamates (subject to hydrolysis) is 1. The van der Waals surface area contributed by atoms with Crippen LogP contribution in [0.1, 0.15) is 57.6 Å². The second-order valence-electron chi connectivity index (χ2n) is 14.2. The Morgan fingerprint density at radius 2 is 1.78 bits per heavy atom. The van der Waals surface area contributed by atoms with Crippen molar-refractivity contribution < 1.29 is 23.6 Å². The lowest BCUT2D eigenvalue weighted by Gasteiger charge is -2.36. The third kappa shape index (κ3) is 8.19. The Kier molecular flexibility index (Phi) is 10.1. The molecule has 0 spiro atoms. The third-order valence-corrected chi connectivity index (χ3v) is 9.34. The number of anilines is 1. The molecule has 0 bridgehead atoms. The zero-order chi connectivity index (χ0) is 36.3. The molecule has 266 valence electrons. The van der Waals surface area contributed by atoms with E-state index < -0.39 is 29.4 Å². The number of nitrogens with zero attached hydrogens (tertiary/aromatic N) is 3. The fourth-order valence-corrected chi connectivity index (χ4v) is 6.85. The van der Waals surface area contributed by atoms with E-state index in [1.807, 2.05) is 64.1 Å². The minimum absolute atomic E-state index is 0.183. The summed E-state index contributed by atoms with van der Waals surface area (Å²) >= 11 is 0. The topological polar surface area (TPSA) is 189 Å². The van der Waals surface area contributed by atoms with Crippen molar-refractivity contribution in [3.63, 3.8) is 0 Å². The fraction of sp³-hybridized carbons (Fsp3) is 0.368. The lowest BCUT2D eigenvalue weighted by atomic mass is 9.81. The maximum Gasteiger partial charge on any atom is 0.439 e. The quantitative estimate of drug-likeness (QED) is 0.144. The predicted octanol–water partition coefficient (Wildman–Crippen LogP) is 5.64. The number of primary amides is 1. The molecule has 2 aromatic heterocycles. The number of carbonyl (C=O) groups is 3. The Bertz CT molecular complexity index is 2080. The van der Waals surface area contributed by atoms with Gasteiger partial charge < -0.3 is 15.8 Å². The number of aryl methyl sites for hydroxylation is 1. The zero-order valence-corrected chi connectivity index (χ0v) is 29.2. The molecule has 51 heavy (non-hydrogen) atoms. The molecular weight excluding hydrogens is 650 g/mol. The van der Waals surface area contributed by atoms with E-state index in [2.05, 4.69) is 30.2 Å². The number of hydrogen-bond acceptors (Lipinski definition) is 8. The largest absolute Gasteiger partial charge is 0.444 e. The number of amides is 3. The molecular formula is C38H43N7O6. The average molecular weight is 694 g/mol. The number of aromatic nitrogens is 4. The molecule has 5 N–H and O–H groups in total. The van der Waals surface area contributed by atoms with Crippen LogP contribution in [-0.2, 0) is 20.7 Å². The minimum Gasteiger partial charge on any atom is -0.444 e. The fourth-order valence-electron chi connectivity index (χ4n) is 6.85. The molecule has 13 nitrogen and oxygen atoms in total. The highest BCUT2D eigenvalue weighted by atomic mass is 16.6. The van der Waals surface area contributed by atoms with Crippen molar-refractivity contribution in [3.05, 3.63) is 88.5 Å². The summed E-state index contributed by atoms with van der Waals surface area (Å²) < 4.78 is 10.0. The summed E-state index contributed by atoms with van der Waals surface area (Å²) in [6.07, 6.45) is 4.14. The van der Waals surface area contributed by atoms with Crippen molar-refractivity contribution in [2.24, 2.45) is 17.6 Å². The van der Waals surface area contributed by atoms with Crippen LogP contribution in [0.3, 0.4) is 0 Å². The van der Waals surface area contributed by atoms with Crippen LogP contribution in [0.2, 0.25) is 0 Å². The van der Waals surface area contributed by atoms with Gasteiger partial charge in [0, 0.05) is 35.5 Å². The second-order valence-corrected chi connectivity index (χ2v) is 14.2. The number of nitrogens with one attached hydrogen (secondary N) is 3. The molecule has 3 amide bonds. The molecule has 0 saturated heterocycles. The number of fused-ring (bicyclic) bond motifs is 1. The van der Waals surface area contributed by atoms with Gasteiger partial charge in [-0.25, -0.2) is 9.59 Å². The van der Waals surface area contributed by atoms with E-state index in [0.717, 1.165) is 46.0 Å². The first-order valence-electron chi connectivity index (χ1n) is 17.1.